The molecular formula is C15H31Cl2N3O2. The molecule has 2 fully saturated rings. The Morgan fingerprint density at radius 2 is 2.00 bits per heavy atom. The number of nitrogens with two attached hydrogens (primary N) is 1. The summed E-state index contributed by atoms with van der Waals surface area (Å²) >= 11 is 0. The van der Waals surface area contributed by atoms with E-state index in [1.165, 1.54) is 0 Å². The Labute approximate surface area is 146 Å². The lowest BCUT2D eigenvalue weighted by Crippen LogP contribution is -2.51. The summed E-state index contributed by atoms with van der Waals surface area (Å²) in [7, 11) is 1.93. The molecule has 2 saturated heterocycles. The van der Waals surface area contributed by atoms with Crippen molar-refractivity contribution in [3.8, 4) is 0 Å². The van der Waals surface area contributed by atoms with Crippen molar-refractivity contribution >= 4 is 30.7 Å². The number of nitrogens with zero attached hydrogens (tertiary/aromatic N) is 2. The molecule has 2 rings (SSSR count). The summed E-state index contributed by atoms with van der Waals surface area (Å²) in [4.78, 5) is 16.9. The topological polar surface area (TPSA) is 58.8 Å². The molecule has 7 heteroatoms. The molecule has 22 heavy (non-hydrogen) atoms. The van der Waals surface area contributed by atoms with E-state index in [2.05, 4.69) is 18.7 Å². The lowest BCUT2D eigenvalue weighted by atomic mass is 9.96. The van der Waals surface area contributed by atoms with Gasteiger partial charge in [0.15, 0.2) is 0 Å². The van der Waals surface area contributed by atoms with Crippen LogP contribution < -0.4 is 5.73 Å². The molecule has 0 aromatic heterocycles. The maximum atomic E-state index is 12.5. The fourth-order valence-electron chi connectivity index (χ4n) is 3.49. The molecular weight excluding hydrogens is 325 g/mol. The molecule has 2 aliphatic heterocycles. The zero-order valence-electron chi connectivity index (χ0n) is 13.9. The normalized spacial score (nSPS) is 32.0. The van der Waals surface area contributed by atoms with Gasteiger partial charge in [-0.2, -0.15) is 0 Å². The molecule has 0 saturated carbocycles. The van der Waals surface area contributed by atoms with Crippen LogP contribution in [0.15, 0.2) is 0 Å². The van der Waals surface area contributed by atoms with E-state index in [0.717, 1.165) is 38.8 Å². The molecule has 1 amide bonds. The van der Waals surface area contributed by atoms with Crippen LogP contribution in [-0.4, -0.2) is 66.7 Å². The van der Waals surface area contributed by atoms with Gasteiger partial charge in [-0.25, -0.2) is 0 Å². The largest absolute Gasteiger partial charge is 0.364 e. The Morgan fingerprint density at radius 3 is 2.50 bits per heavy atom. The van der Waals surface area contributed by atoms with Crippen LogP contribution in [0.4, 0.5) is 0 Å². The van der Waals surface area contributed by atoms with Crippen molar-refractivity contribution in [1.29, 1.82) is 0 Å². The van der Waals surface area contributed by atoms with Gasteiger partial charge in [0.1, 0.15) is 6.10 Å². The highest BCUT2D eigenvalue weighted by molar-refractivity contribution is 5.85. The first-order chi connectivity index (χ1) is 9.56. The van der Waals surface area contributed by atoms with Crippen LogP contribution in [0, 0.1) is 0 Å². The Kier molecular flexibility index (Phi) is 9.90. The number of hydrogen-bond acceptors (Lipinski definition) is 4. The number of ether oxygens (including phenoxy) is 1. The summed E-state index contributed by atoms with van der Waals surface area (Å²) in [6.07, 6.45) is 3.64. The third kappa shape index (κ3) is 4.96. The quantitative estimate of drug-likeness (QED) is 0.833. The lowest BCUT2D eigenvalue weighted by molar-refractivity contribution is -0.144. The van der Waals surface area contributed by atoms with Gasteiger partial charge in [0, 0.05) is 32.2 Å². The molecule has 2 unspecified atom stereocenters. The van der Waals surface area contributed by atoms with Crippen LogP contribution in [-0.2, 0) is 9.53 Å². The second-order valence-electron chi connectivity index (χ2n) is 6.16. The van der Waals surface area contributed by atoms with E-state index < -0.39 is 0 Å². The SMILES string of the molecule is CCN1CCC(N(C)C(=O)[C@@H]2CC[C@H](CN)O2)CC1C.Cl.Cl. The molecule has 0 bridgehead atoms. The van der Waals surface area contributed by atoms with E-state index in [1.54, 1.807) is 0 Å². The zero-order chi connectivity index (χ0) is 14.7. The Balaban J connectivity index is 0.00000220. The van der Waals surface area contributed by atoms with E-state index in [1.807, 2.05) is 11.9 Å². The number of hydrogen-bond donors (Lipinski definition) is 1. The molecule has 2 heterocycles. The van der Waals surface area contributed by atoms with Crippen LogP contribution in [0.2, 0.25) is 0 Å². The summed E-state index contributed by atoms with van der Waals surface area (Å²) in [6.45, 7) is 7.14. The number of amides is 1. The maximum absolute atomic E-state index is 12.5. The van der Waals surface area contributed by atoms with E-state index >= 15 is 0 Å². The Morgan fingerprint density at radius 1 is 1.32 bits per heavy atom. The van der Waals surface area contributed by atoms with Crippen molar-refractivity contribution < 1.29 is 9.53 Å². The smallest absolute Gasteiger partial charge is 0.251 e. The van der Waals surface area contributed by atoms with Gasteiger partial charge in [-0.05, 0) is 39.2 Å². The van der Waals surface area contributed by atoms with Crippen molar-refractivity contribution in [2.45, 2.75) is 63.8 Å². The second-order valence-corrected chi connectivity index (χ2v) is 6.16. The third-order valence-electron chi connectivity index (χ3n) is 4.93. The fraction of sp³-hybridized carbons (Fsp3) is 0.933. The number of carbonyl (C=O) groups excluding carboxylic acids is 1. The first kappa shape index (κ1) is 21.9. The minimum absolute atomic E-state index is 0. The van der Waals surface area contributed by atoms with Crippen molar-refractivity contribution in [2.24, 2.45) is 5.73 Å². The van der Waals surface area contributed by atoms with E-state index in [0.29, 0.717) is 18.6 Å². The number of piperidine rings is 1. The van der Waals surface area contributed by atoms with Crippen molar-refractivity contribution in [1.82, 2.24) is 9.80 Å². The summed E-state index contributed by atoms with van der Waals surface area (Å²) in [5.74, 6) is 0.142. The third-order valence-corrected chi connectivity index (χ3v) is 4.93. The predicted molar refractivity (Wildman–Crippen MR) is 93.9 cm³/mol. The second kappa shape index (κ2) is 9.93. The average Bonchev–Trinajstić information content (AvgIpc) is 2.94. The predicted octanol–water partition coefficient (Wildman–Crippen LogP) is 1.67. The molecule has 0 aromatic carbocycles. The van der Waals surface area contributed by atoms with E-state index in [9.17, 15) is 4.79 Å². The van der Waals surface area contributed by atoms with Gasteiger partial charge in [0.25, 0.3) is 5.91 Å². The van der Waals surface area contributed by atoms with Crippen LogP contribution in [0.1, 0.15) is 39.5 Å². The number of likely N-dealkylation sites (tertiary alicyclic amines) is 1. The van der Waals surface area contributed by atoms with Gasteiger partial charge in [-0.15, -0.1) is 24.8 Å². The monoisotopic (exact) mass is 355 g/mol. The van der Waals surface area contributed by atoms with Crippen LogP contribution in [0.5, 0.6) is 0 Å². The van der Waals surface area contributed by atoms with Gasteiger partial charge in [-0.3, -0.25) is 4.79 Å². The summed E-state index contributed by atoms with van der Waals surface area (Å²) in [5, 5.41) is 0. The van der Waals surface area contributed by atoms with Gasteiger partial charge < -0.3 is 20.3 Å². The first-order valence-corrected chi connectivity index (χ1v) is 7.93. The van der Waals surface area contributed by atoms with Crippen LogP contribution >= 0.6 is 24.8 Å². The minimum atomic E-state index is -0.270. The minimum Gasteiger partial charge on any atom is -0.364 e. The Hall–Kier alpha value is -0.0700. The number of carbonyl (C=O) groups is 1. The molecule has 0 spiro atoms. The highest BCUT2D eigenvalue weighted by atomic mass is 35.5. The fourth-order valence-corrected chi connectivity index (χ4v) is 3.49. The van der Waals surface area contributed by atoms with Gasteiger partial charge in [0.05, 0.1) is 6.10 Å². The van der Waals surface area contributed by atoms with Crippen molar-refractivity contribution in [3.05, 3.63) is 0 Å². The lowest BCUT2D eigenvalue weighted by Gasteiger charge is -2.41. The maximum Gasteiger partial charge on any atom is 0.251 e. The number of halogens is 2. The molecule has 132 valence electrons. The molecule has 2 N–H and O–H groups in total. The van der Waals surface area contributed by atoms with Crippen LogP contribution in [0.3, 0.4) is 0 Å². The molecule has 2 aliphatic rings. The zero-order valence-corrected chi connectivity index (χ0v) is 15.5. The van der Waals surface area contributed by atoms with Gasteiger partial charge in [-0.1, -0.05) is 6.92 Å². The van der Waals surface area contributed by atoms with Gasteiger partial charge in [0.2, 0.25) is 0 Å². The number of rotatable bonds is 4. The average molecular weight is 356 g/mol. The van der Waals surface area contributed by atoms with E-state index in [-0.39, 0.29) is 42.9 Å². The van der Waals surface area contributed by atoms with Crippen molar-refractivity contribution in [2.75, 3.05) is 26.7 Å². The van der Waals surface area contributed by atoms with Crippen molar-refractivity contribution in [3.63, 3.8) is 0 Å². The molecule has 0 aliphatic carbocycles. The standard InChI is InChI=1S/C15H29N3O2.2ClH/c1-4-18-8-7-12(9-11(18)2)17(3)15(19)14-6-5-13(10-16)20-14;;/h11-14H,4-10,16H2,1-3H3;2*1H/t11?,12?,13-,14+;;/m1../s1. The van der Waals surface area contributed by atoms with Crippen LogP contribution in [0.25, 0.3) is 0 Å². The molecule has 0 radical (unpaired) electrons. The highest BCUT2D eigenvalue weighted by Gasteiger charge is 2.35. The summed E-state index contributed by atoms with van der Waals surface area (Å²) in [6, 6.07) is 0.899. The first-order valence-electron chi connectivity index (χ1n) is 7.93. The molecule has 4 atom stereocenters. The molecule has 5 nitrogen and oxygen atoms in total. The van der Waals surface area contributed by atoms with Gasteiger partial charge >= 0.3 is 0 Å². The summed E-state index contributed by atoms with van der Waals surface area (Å²) in [5.41, 5.74) is 5.61. The Bertz CT molecular complexity index is 347. The summed E-state index contributed by atoms with van der Waals surface area (Å²) < 4.78 is 5.73. The van der Waals surface area contributed by atoms with E-state index in [4.69, 9.17) is 10.5 Å². The highest BCUT2D eigenvalue weighted by Crippen LogP contribution is 2.25. The molecule has 0 aromatic rings. The number of likely N-dealkylation sites (N-methyl/N-ethyl adjacent to an activating group) is 1.